The predicted molar refractivity (Wildman–Crippen MR) is 157 cm³/mol. The van der Waals surface area contributed by atoms with Crippen molar-refractivity contribution in [3.63, 3.8) is 0 Å². The first kappa shape index (κ1) is 28.8. The summed E-state index contributed by atoms with van der Waals surface area (Å²) in [5, 5.41) is 13.0. The van der Waals surface area contributed by atoms with Crippen LogP contribution in [0.25, 0.3) is 0 Å². The fourth-order valence-electron chi connectivity index (χ4n) is 6.92. The number of piperazine rings is 1. The van der Waals surface area contributed by atoms with Gasteiger partial charge in [0.2, 0.25) is 5.91 Å². The number of anilines is 1. The topological polar surface area (TPSA) is 81.6 Å². The second kappa shape index (κ2) is 12.8. The summed E-state index contributed by atoms with van der Waals surface area (Å²) in [6.07, 6.45) is 14.1. The maximum Gasteiger partial charge on any atom is 0.220 e. The highest BCUT2D eigenvalue weighted by Crippen LogP contribution is 2.37. The van der Waals surface area contributed by atoms with Crippen molar-refractivity contribution in [3.8, 4) is 0 Å². The van der Waals surface area contributed by atoms with Gasteiger partial charge in [-0.3, -0.25) is 9.69 Å². The Bertz CT molecular complexity index is 934. The summed E-state index contributed by atoms with van der Waals surface area (Å²) in [4.78, 5) is 27.7. The molecule has 0 spiro atoms. The number of carbonyl (C=O) groups is 1. The quantitative estimate of drug-likeness (QED) is 0.474. The highest BCUT2D eigenvalue weighted by molar-refractivity contribution is 5.76. The minimum absolute atomic E-state index is 0.0297. The number of aliphatic hydroxyl groups is 1. The van der Waals surface area contributed by atoms with E-state index in [9.17, 15) is 9.90 Å². The van der Waals surface area contributed by atoms with Gasteiger partial charge in [0.15, 0.2) is 0 Å². The molecular weight excluding hydrogens is 486 g/mol. The van der Waals surface area contributed by atoms with Crippen molar-refractivity contribution in [2.45, 2.75) is 128 Å². The molecule has 218 valence electrons. The van der Waals surface area contributed by atoms with Crippen LogP contribution in [-0.2, 0) is 10.2 Å². The molecule has 4 fully saturated rings. The van der Waals surface area contributed by atoms with Gasteiger partial charge in [0.25, 0.3) is 0 Å². The third kappa shape index (κ3) is 7.93. The summed E-state index contributed by atoms with van der Waals surface area (Å²) in [6, 6.07) is 2.65. The van der Waals surface area contributed by atoms with Crippen LogP contribution in [0.5, 0.6) is 0 Å². The highest BCUT2D eigenvalue weighted by Gasteiger charge is 2.29. The van der Waals surface area contributed by atoms with Crippen LogP contribution in [-0.4, -0.2) is 70.8 Å². The average Bonchev–Trinajstić information content (AvgIpc) is 2.88. The normalized spacial score (nSPS) is 29.2. The van der Waals surface area contributed by atoms with Crippen molar-refractivity contribution in [2.24, 2.45) is 11.8 Å². The number of hydrogen-bond donors (Lipinski definition) is 2. The number of aromatic nitrogens is 2. The van der Waals surface area contributed by atoms with E-state index in [-0.39, 0.29) is 17.4 Å². The zero-order chi connectivity index (χ0) is 27.4. The van der Waals surface area contributed by atoms with Crippen LogP contribution < -0.4 is 10.2 Å². The third-order valence-corrected chi connectivity index (χ3v) is 9.98. The maximum atomic E-state index is 12.5. The second-order valence-corrected chi connectivity index (χ2v) is 14.1. The molecule has 3 saturated carbocycles. The molecule has 0 radical (unpaired) electrons. The van der Waals surface area contributed by atoms with Crippen LogP contribution >= 0.6 is 0 Å². The summed E-state index contributed by atoms with van der Waals surface area (Å²) < 4.78 is 0. The number of carbonyl (C=O) groups excluding carboxylic acids is 1. The summed E-state index contributed by atoms with van der Waals surface area (Å²) >= 11 is 0. The summed E-state index contributed by atoms with van der Waals surface area (Å²) in [6.45, 7) is 12.2. The van der Waals surface area contributed by atoms with Gasteiger partial charge in [-0.05, 0) is 89.0 Å². The predicted octanol–water partition coefficient (Wildman–Crippen LogP) is 5.17. The van der Waals surface area contributed by atoms with Crippen molar-refractivity contribution >= 4 is 11.7 Å². The molecule has 4 aliphatic rings. The van der Waals surface area contributed by atoms with E-state index in [0.29, 0.717) is 24.3 Å². The smallest absolute Gasteiger partial charge is 0.220 e. The molecule has 2 N–H and O–H groups in total. The zero-order valence-corrected chi connectivity index (χ0v) is 24.8. The molecule has 7 nitrogen and oxygen atoms in total. The Morgan fingerprint density at radius 2 is 1.59 bits per heavy atom. The molecule has 0 atom stereocenters. The largest absolute Gasteiger partial charge is 0.393 e. The van der Waals surface area contributed by atoms with Gasteiger partial charge in [-0.15, -0.1) is 0 Å². The molecule has 1 aliphatic heterocycles. The third-order valence-electron chi connectivity index (χ3n) is 9.98. The Morgan fingerprint density at radius 1 is 0.923 bits per heavy atom. The molecule has 7 heteroatoms. The molecular formula is C32H53N5O2. The monoisotopic (exact) mass is 539 g/mol. The fraction of sp³-hybridized carbons (Fsp3) is 0.844. The van der Waals surface area contributed by atoms with Gasteiger partial charge in [0, 0.05) is 61.7 Å². The lowest BCUT2D eigenvalue weighted by Crippen LogP contribution is -2.47. The van der Waals surface area contributed by atoms with Gasteiger partial charge >= 0.3 is 0 Å². The van der Waals surface area contributed by atoms with E-state index < -0.39 is 0 Å². The Hall–Kier alpha value is -1.73. The van der Waals surface area contributed by atoms with E-state index in [1.165, 1.54) is 50.8 Å². The number of hydrogen-bond acceptors (Lipinski definition) is 6. The van der Waals surface area contributed by atoms with Crippen molar-refractivity contribution in [1.82, 2.24) is 20.2 Å². The lowest BCUT2D eigenvalue weighted by Gasteiger charge is -2.37. The van der Waals surface area contributed by atoms with Gasteiger partial charge < -0.3 is 15.3 Å². The van der Waals surface area contributed by atoms with Crippen LogP contribution in [0.3, 0.4) is 0 Å². The average molecular weight is 540 g/mol. The number of nitrogens with zero attached hydrogens (tertiary/aromatic N) is 4. The fourth-order valence-corrected chi connectivity index (χ4v) is 6.92. The van der Waals surface area contributed by atoms with Gasteiger partial charge in [-0.2, -0.15) is 0 Å². The minimum Gasteiger partial charge on any atom is -0.393 e. The van der Waals surface area contributed by atoms with Crippen LogP contribution in [0, 0.1) is 11.8 Å². The number of nitrogens with one attached hydrogen (secondary N) is 1. The van der Waals surface area contributed by atoms with Crippen LogP contribution in [0.1, 0.15) is 122 Å². The first-order valence-corrected chi connectivity index (χ1v) is 16.1. The number of amides is 1. The Morgan fingerprint density at radius 3 is 2.21 bits per heavy atom. The van der Waals surface area contributed by atoms with Crippen molar-refractivity contribution < 1.29 is 9.90 Å². The number of rotatable bonds is 8. The van der Waals surface area contributed by atoms with Gasteiger partial charge in [0.05, 0.1) is 6.10 Å². The molecule has 1 amide bonds. The summed E-state index contributed by atoms with van der Waals surface area (Å²) in [5.74, 6) is 4.24. The molecule has 1 aromatic rings. The maximum absolute atomic E-state index is 12.5. The van der Waals surface area contributed by atoms with Crippen LogP contribution in [0.2, 0.25) is 0 Å². The lowest BCUT2D eigenvalue weighted by molar-refractivity contribution is -0.123. The molecule has 0 aromatic carbocycles. The molecule has 2 heterocycles. The molecule has 3 aliphatic carbocycles. The molecule has 39 heavy (non-hydrogen) atoms. The van der Waals surface area contributed by atoms with E-state index in [0.717, 1.165) is 82.3 Å². The lowest BCUT2D eigenvalue weighted by atomic mass is 9.82. The van der Waals surface area contributed by atoms with E-state index in [1.54, 1.807) is 0 Å². The van der Waals surface area contributed by atoms with Crippen LogP contribution in [0.15, 0.2) is 6.07 Å². The molecule has 1 aromatic heterocycles. The molecule has 5 rings (SSSR count). The Labute approximate surface area is 236 Å². The molecule has 0 unspecified atom stereocenters. The summed E-state index contributed by atoms with van der Waals surface area (Å²) in [7, 11) is 0. The van der Waals surface area contributed by atoms with E-state index >= 15 is 0 Å². The first-order chi connectivity index (χ1) is 18.7. The summed E-state index contributed by atoms with van der Waals surface area (Å²) in [5.41, 5.74) is 1.23. The molecule has 1 saturated heterocycles. The SMILES string of the molecule is CC(C)(C)c1nc(C2CCC2)cc(N2CCN(CCC3CCC(NC(=O)CC4CCC(O)CC4)CC3)CC2)n1. The van der Waals surface area contributed by atoms with Crippen molar-refractivity contribution in [3.05, 3.63) is 17.6 Å². The van der Waals surface area contributed by atoms with Crippen molar-refractivity contribution in [1.29, 1.82) is 0 Å². The van der Waals surface area contributed by atoms with Gasteiger partial charge in [-0.25, -0.2) is 9.97 Å². The standard InChI is InChI=1S/C32H53N5O2/c1-32(2,3)31-34-28(25-5-4-6-25)22-29(35-31)37-19-17-36(18-20-37)16-15-23-7-11-26(12-8-23)33-30(39)21-24-9-13-27(38)14-10-24/h22-27,38H,4-21H2,1-3H3,(H,33,39). The van der Waals surface area contributed by atoms with Crippen molar-refractivity contribution in [2.75, 3.05) is 37.6 Å². The van der Waals surface area contributed by atoms with Crippen LogP contribution in [0.4, 0.5) is 5.82 Å². The Balaban J connectivity index is 1.01. The second-order valence-electron chi connectivity index (χ2n) is 14.1. The number of aliphatic hydroxyl groups excluding tert-OH is 1. The van der Waals surface area contributed by atoms with E-state index in [4.69, 9.17) is 9.97 Å². The van der Waals surface area contributed by atoms with Gasteiger partial charge in [-0.1, -0.05) is 27.2 Å². The highest BCUT2D eigenvalue weighted by atomic mass is 16.3. The van der Waals surface area contributed by atoms with E-state index in [1.807, 2.05) is 0 Å². The van der Waals surface area contributed by atoms with E-state index in [2.05, 4.69) is 42.0 Å². The Kier molecular flexibility index (Phi) is 9.48. The van der Waals surface area contributed by atoms with Gasteiger partial charge in [0.1, 0.15) is 11.6 Å². The zero-order valence-electron chi connectivity index (χ0n) is 24.8. The minimum atomic E-state index is -0.145. The first-order valence-electron chi connectivity index (χ1n) is 16.1. The molecule has 0 bridgehead atoms.